The second kappa shape index (κ2) is 14.2. The Kier molecular flexibility index (Phi) is 11.3. The van der Waals surface area contributed by atoms with E-state index in [1.165, 1.54) is 30.9 Å². The van der Waals surface area contributed by atoms with Gasteiger partial charge < -0.3 is 9.84 Å². The number of halogens is 2. The molecule has 0 bridgehead atoms. The Morgan fingerprint density at radius 3 is 2.32 bits per heavy atom. The zero-order valence-corrected chi connectivity index (χ0v) is 24.3. The van der Waals surface area contributed by atoms with Gasteiger partial charge in [0.2, 0.25) is 0 Å². The number of carbonyl (C=O) groups excluding carboxylic acids is 1. The molecule has 1 saturated carbocycles. The summed E-state index contributed by atoms with van der Waals surface area (Å²) < 4.78 is 35.6. The topological polar surface area (TPSA) is 46.5 Å². The van der Waals surface area contributed by atoms with E-state index in [9.17, 15) is 4.79 Å². The minimum absolute atomic E-state index is 0.0546. The third kappa shape index (κ3) is 7.86. The first-order valence-electron chi connectivity index (χ1n) is 14.2. The van der Waals surface area contributed by atoms with E-state index in [2.05, 4.69) is 26.6 Å². The molecule has 0 saturated heterocycles. The van der Waals surface area contributed by atoms with Crippen molar-refractivity contribution in [3.63, 3.8) is 0 Å². The average Bonchev–Trinajstić information content (AvgIpc) is 2.92. The van der Waals surface area contributed by atoms with Gasteiger partial charge in [-0.05, 0) is 55.1 Å². The third-order valence-electron chi connectivity index (χ3n) is 8.25. The fourth-order valence-electron chi connectivity index (χ4n) is 5.64. The first kappa shape index (κ1) is 30.2. The van der Waals surface area contributed by atoms with Crippen LogP contribution in [-0.2, 0) is 9.53 Å². The zero-order valence-electron chi connectivity index (χ0n) is 23.3. The highest BCUT2D eigenvalue weighted by atomic mass is 28.3. The molecule has 0 spiro atoms. The molecular formula is C32H44F2O3Si. The van der Waals surface area contributed by atoms with Crippen molar-refractivity contribution in [2.24, 2.45) is 5.92 Å². The van der Waals surface area contributed by atoms with Crippen molar-refractivity contribution in [1.82, 2.24) is 0 Å². The van der Waals surface area contributed by atoms with Gasteiger partial charge in [-0.25, -0.2) is 13.6 Å². The Balaban J connectivity index is 1.60. The molecule has 1 aliphatic rings. The molecule has 0 radical (unpaired) electrons. The summed E-state index contributed by atoms with van der Waals surface area (Å²) in [6.07, 6.45) is 9.87. The molecular weight excluding hydrogens is 498 g/mol. The van der Waals surface area contributed by atoms with E-state index in [0.29, 0.717) is 23.1 Å². The Hall–Kier alpha value is -2.31. The molecule has 208 valence electrons. The number of carbonyl (C=O) groups is 1. The molecule has 1 N–H and O–H groups in total. The van der Waals surface area contributed by atoms with Gasteiger partial charge in [-0.3, -0.25) is 0 Å². The van der Waals surface area contributed by atoms with Gasteiger partial charge in [-0.2, -0.15) is 0 Å². The molecule has 3 rings (SSSR count). The smallest absolute Gasteiger partial charge is 0.335 e. The molecule has 0 aromatic heterocycles. The number of hydrogen-bond donors (Lipinski definition) is 1. The van der Waals surface area contributed by atoms with Gasteiger partial charge in [0, 0.05) is 5.56 Å². The predicted molar refractivity (Wildman–Crippen MR) is 154 cm³/mol. The maximum Gasteiger partial charge on any atom is 0.335 e. The Bertz CT molecular complexity index is 1070. The van der Waals surface area contributed by atoms with Crippen molar-refractivity contribution in [1.29, 1.82) is 0 Å². The molecule has 2 aromatic rings. The maximum atomic E-state index is 15.2. The van der Waals surface area contributed by atoms with Crippen LogP contribution in [0.15, 0.2) is 48.6 Å². The van der Waals surface area contributed by atoms with Gasteiger partial charge in [-0.15, -0.1) is 0 Å². The monoisotopic (exact) mass is 542 g/mol. The normalized spacial score (nSPS) is 17.8. The molecule has 1 aliphatic carbocycles. The van der Waals surface area contributed by atoms with Gasteiger partial charge in [0.25, 0.3) is 0 Å². The number of benzene rings is 2. The van der Waals surface area contributed by atoms with E-state index < -0.39 is 32.3 Å². The molecule has 2 aromatic carbocycles. The molecule has 6 heteroatoms. The number of unbranched alkanes of at least 4 members (excludes halogenated alkanes) is 2. The molecule has 0 heterocycles. The van der Waals surface area contributed by atoms with E-state index in [1.54, 1.807) is 12.1 Å². The van der Waals surface area contributed by atoms with Crippen LogP contribution >= 0.6 is 0 Å². The minimum Gasteiger partial charge on any atom is -0.462 e. The van der Waals surface area contributed by atoms with Crippen molar-refractivity contribution in [2.45, 2.75) is 89.8 Å². The lowest BCUT2D eigenvalue weighted by Gasteiger charge is -2.29. The van der Waals surface area contributed by atoms with Gasteiger partial charge in [0.05, 0.1) is 26.9 Å². The summed E-state index contributed by atoms with van der Waals surface area (Å²) in [6, 6.07) is 12.3. The first-order chi connectivity index (χ1) is 18.2. The van der Waals surface area contributed by atoms with Crippen molar-refractivity contribution >= 4 is 19.2 Å². The van der Waals surface area contributed by atoms with Crippen molar-refractivity contribution in [3.05, 3.63) is 65.7 Å². The highest BCUT2D eigenvalue weighted by molar-refractivity contribution is 6.89. The zero-order chi connectivity index (χ0) is 27.7. The summed E-state index contributed by atoms with van der Waals surface area (Å²) >= 11 is 0. The number of aliphatic hydroxyl groups excluding tert-OH is 1. The molecule has 0 aliphatic heterocycles. The largest absolute Gasteiger partial charge is 0.462 e. The summed E-state index contributed by atoms with van der Waals surface area (Å²) in [6.45, 7) is 10.0. The highest BCUT2D eigenvalue weighted by Crippen LogP contribution is 2.40. The van der Waals surface area contributed by atoms with Gasteiger partial charge in [0.1, 0.15) is 0 Å². The molecule has 0 atom stereocenters. The summed E-state index contributed by atoms with van der Waals surface area (Å²) in [7, 11) is -1.81. The van der Waals surface area contributed by atoms with E-state index in [0.717, 1.165) is 37.6 Å². The van der Waals surface area contributed by atoms with E-state index in [4.69, 9.17) is 9.84 Å². The van der Waals surface area contributed by atoms with Gasteiger partial charge in [0.15, 0.2) is 11.6 Å². The highest BCUT2D eigenvalue weighted by Gasteiger charge is 2.27. The lowest BCUT2D eigenvalue weighted by Crippen LogP contribution is -2.41. The number of aliphatic hydroxyl groups is 1. The number of esters is 1. The van der Waals surface area contributed by atoms with Crippen LogP contribution < -0.4 is 5.19 Å². The Morgan fingerprint density at radius 2 is 1.68 bits per heavy atom. The summed E-state index contributed by atoms with van der Waals surface area (Å²) in [5, 5.41) is 10.2. The summed E-state index contributed by atoms with van der Waals surface area (Å²) in [4.78, 5) is 11.6. The van der Waals surface area contributed by atoms with Crippen LogP contribution in [0.2, 0.25) is 19.1 Å². The molecule has 3 nitrogen and oxygen atoms in total. The second-order valence-corrected chi connectivity index (χ2v) is 16.4. The van der Waals surface area contributed by atoms with Crippen molar-refractivity contribution < 1.29 is 23.4 Å². The van der Waals surface area contributed by atoms with E-state index in [-0.39, 0.29) is 18.1 Å². The van der Waals surface area contributed by atoms with E-state index in [1.807, 2.05) is 24.3 Å². The number of ether oxygens (including phenoxy) is 1. The van der Waals surface area contributed by atoms with Crippen molar-refractivity contribution in [2.75, 3.05) is 13.2 Å². The molecule has 38 heavy (non-hydrogen) atoms. The second-order valence-electron chi connectivity index (χ2n) is 11.5. The average molecular weight is 543 g/mol. The molecule has 0 unspecified atom stereocenters. The van der Waals surface area contributed by atoms with Crippen LogP contribution in [0.25, 0.3) is 11.1 Å². The number of rotatable bonds is 13. The number of hydrogen-bond acceptors (Lipinski definition) is 3. The summed E-state index contributed by atoms with van der Waals surface area (Å²) in [5.74, 6) is -1.15. The lowest BCUT2D eigenvalue weighted by molar-refractivity contribution is -0.139. The summed E-state index contributed by atoms with van der Waals surface area (Å²) in [5.41, 5.74) is 1.57. The van der Waals surface area contributed by atoms with Crippen LogP contribution in [-0.4, -0.2) is 32.4 Å². The van der Waals surface area contributed by atoms with Crippen LogP contribution in [0.5, 0.6) is 0 Å². The van der Waals surface area contributed by atoms with E-state index >= 15 is 8.78 Å². The lowest BCUT2D eigenvalue weighted by atomic mass is 9.76. The van der Waals surface area contributed by atoms with Gasteiger partial charge >= 0.3 is 5.97 Å². The van der Waals surface area contributed by atoms with Crippen LogP contribution in [0.4, 0.5) is 8.78 Å². The Morgan fingerprint density at radius 1 is 1.00 bits per heavy atom. The quantitative estimate of drug-likeness (QED) is 0.121. The molecule has 1 fully saturated rings. The maximum absolute atomic E-state index is 15.2. The van der Waals surface area contributed by atoms with Crippen LogP contribution in [0.3, 0.4) is 0 Å². The minimum atomic E-state index is -1.81. The SMILES string of the molecule is C=C(CO)C(=O)OCCC[Si](C)(C)c1ccc(-c2ccc(C3CCC(CCCCC)CC3)c(F)c2F)cc1. The molecule has 0 amide bonds. The fraction of sp³-hybridized carbons (Fsp3) is 0.531. The van der Waals surface area contributed by atoms with Crippen LogP contribution in [0, 0.1) is 17.6 Å². The predicted octanol–water partition coefficient (Wildman–Crippen LogP) is 7.88. The first-order valence-corrected chi connectivity index (χ1v) is 17.4. The fourth-order valence-corrected chi connectivity index (χ4v) is 8.02. The van der Waals surface area contributed by atoms with Crippen molar-refractivity contribution in [3.8, 4) is 11.1 Å². The van der Waals surface area contributed by atoms with Gasteiger partial charge in [-0.1, -0.05) is 99.9 Å². The standard InChI is InChI=1S/C32H44F2O3Si/c1-5-6-7-9-24-10-12-25(13-11-24)28-18-19-29(31(34)30(28)33)26-14-16-27(17-15-26)38(3,4)21-8-20-37-32(36)23(2)22-35/h14-19,24-25,35H,2,5-13,20-22H2,1,3-4H3. The van der Waals surface area contributed by atoms with Crippen LogP contribution in [0.1, 0.15) is 76.2 Å². The third-order valence-corrected chi connectivity index (χ3v) is 11.8. The Labute approximate surface area is 228 Å².